The van der Waals surface area contributed by atoms with Crippen molar-refractivity contribution in [3.63, 3.8) is 0 Å². The van der Waals surface area contributed by atoms with Crippen molar-refractivity contribution in [1.29, 1.82) is 0 Å². The zero-order valence-electron chi connectivity index (χ0n) is 12.8. The number of hydrogen-bond donors (Lipinski definition) is 3. The normalized spacial score (nSPS) is 25.9. The second kappa shape index (κ2) is 7.31. The summed E-state index contributed by atoms with van der Waals surface area (Å²) >= 11 is 0. The van der Waals surface area contributed by atoms with E-state index >= 15 is 0 Å². The average Bonchev–Trinajstić information content (AvgIpc) is 2.84. The summed E-state index contributed by atoms with van der Waals surface area (Å²) in [5.41, 5.74) is -1.42. The summed E-state index contributed by atoms with van der Waals surface area (Å²) in [5.74, 6) is 2.26. The van der Waals surface area contributed by atoms with Crippen molar-refractivity contribution >= 4 is 6.09 Å². The lowest BCUT2D eigenvalue weighted by Gasteiger charge is -2.24. The second-order valence-electron chi connectivity index (χ2n) is 5.16. The Labute approximate surface area is 136 Å². The third-order valence-electron chi connectivity index (χ3n) is 3.50. The van der Waals surface area contributed by atoms with Gasteiger partial charge in [0.15, 0.2) is 12.3 Å². The van der Waals surface area contributed by atoms with Crippen LogP contribution in [0.2, 0.25) is 0 Å². The van der Waals surface area contributed by atoms with Crippen LogP contribution in [-0.2, 0) is 9.47 Å². The number of rotatable bonds is 4. The van der Waals surface area contributed by atoms with Crippen molar-refractivity contribution in [3.8, 4) is 12.3 Å². The highest BCUT2D eigenvalue weighted by Gasteiger charge is 2.47. The third kappa shape index (κ3) is 3.48. The van der Waals surface area contributed by atoms with Crippen LogP contribution in [0.1, 0.15) is 6.23 Å². The highest BCUT2D eigenvalue weighted by Crippen LogP contribution is 2.31. The quantitative estimate of drug-likeness (QED) is 0.533. The molecule has 1 fully saturated rings. The molecule has 0 spiro atoms. The van der Waals surface area contributed by atoms with E-state index in [9.17, 15) is 24.6 Å². The highest BCUT2D eigenvalue weighted by molar-refractivity contribution is 5.67. The van der Waals surface area contributed by atoms with E-state index in [1.54, 1.807) is 0 Å². The molecule has 130 valence electrons. The molecule has 2 rings (SSSR count). The smallest absolute Gasteiger partial charge is 0.410 e. The van der Waals surface area contributed by atoms with Crippen molar-refractivity contribution < 1.29 is 24.5 Å². The largest absolute Gasteiger partial charge is 0.438 e. The van der Waals surface area contributed by atoms with Gasteiger partial charge in [-0.1, -0.05) is 5.92 Å². The molecule has 0 radical (unpaired) electrons. The molecule has 1 aromatic heterocycles. The fraction of sp³-hybridized carbons (Fsp3) is 0.500. The van der Waals surface area contributed by atoms with Crippen molar-refractivity contribution in [2.75, 3.05) is 20.2 Å². The summed E-state index contributed by atoms with van der Waals surface area (Å²) in [5, 5.41) is 19.4. The van der Waals surface area contributed by atoms with Crippen LogP contribution in [-0.4, -0.2) is 69.3 Å². The molecule has 10 nitrogen and oxygen atoms in total. The number of amides is 1. The Kier molecular flexibility index (Phi) is 5.40. The van der Waals surface area contributed by atoms with Gasteiger partial charge in [-0.15, -0.1) is 6.42 Å². The monoisotopic (exact) mass is 339 g/mol. The molecule has 1 saturated heterocycles. The standard InChI is InChI=1S/C14H17N3O7/c1-3-5-16(2)14(22)24-11-10(20)8(7-18)23-12(11)17-6-4-9(19)15-13(17)21/h1,4,6,8,10-12,18,20H,5,7H2,2H3,(H,15,19,21)/t8-,10-,11-,12-/m1/s1. The number of ether oxygens (including phenoxy) is 2. The van der Waals surface area contributed by atoms with E-state index in [-0.39, 0.29) is 6.54 Å². The van der Waals surface area contributed by atoms with E-state index < -0.39 is 48.5 Å². The van der Waals surface area contributed by atoms with E-state index in [1.807, 2.05) is 4.98 Å². The molecular formula is C14H17N3O7. The van der Waals surface area contributed by atoms with E-state index in [1.165, 1.54) is 7.05 Å². The molecule has 10 heteroatoms. The van der Waals surface area contributed by atoms with Gasteiger partial charge in [0, 0.05) is 19.3 Å². The van der Waals surface area contributed by atoms with Gasteiger partial charge < -0.3 is 24.6 Å². The van der Waals surface area contributed by atoms with Crippen molar-refractivity contribution in [2.45, 2.75) is 24.5 Å². The summed E-state index contributed by atoms with van der Waals surface area (Å²) in [6.45, 7) is -0.570. The van der Waals surface area contributed by atoms with Crippen LogP contribution in [0.3, 0.4) is 0 Å². The van der Waals surface area contributed by atoms with Crippen LogP contribution >= 0.6 is 0 Å². The fourth-order valence-electron chi connectivity index (χ4n) is 2.26. The Morgan fingerprint density at radius 2 is 2.29 bits per heavy atom. The molecule has 1 aromatic rings. The number of hydrogen-bond acceptors (Lipinski definition) is 7. The Balaban J connectivity index is 2.30. The molecule has 1 amide bonds. The van der Waals surface area contributed by atoms with E-state index in [0.717, 1.165) is 21.7 Å². The van der Waals surface area contributed by atoms with Gasteiger partial charge in [0.25, 0.3) is 5.56 Å². The Hall–Kier alpha value is -2.61. The maximum Gasteiger partial charge on any atom is 0.410 e. The molecule has 1 aliphatic heterocycles. The summed E-state index contributed by atoms with van der Waals surface area (Å²) in [6, 6.07) is 1.08. The Morgan fingerprint density at radius 1 is 1.58 bits per heavy atom. The van der Waals surface area contributed by atoms with Gasteiger partial charge in [0.1, 0.15) is 12.2 Å². The number of aromatic amines is 1. The predicted molar refractivity (Wildman–Crippen MR) is 80.1 cm³/mol. The van der Waals surface area contributed by atoms with E-state index in [0.29, 0.717) is 0 Å². The Morgan fingerprint density at radius 3 is 2.88 bits per heavy atom. The van der Waals surface area contributed by atoms with Crippen molar-refractivity contribution in [1.82, 2.24) is 14.5 Å². The topological polar surface area (TPSA) is 134 Å². The fourth-order valence-corrected chi connectivity index (χ4v) is 2.26. The molecule has 24 heavy (non-hydrogen) atoms. The average molecular weight is 339 g/mol. The third-order valence-corrected chi connectivity index (χ3v) is 3.50. The van der Waals surface area contributed by atoms with E-state index in [4.69, 9.17) is 15.9 Å². The van der Waals surface area contributed by atoms with Crippen LogP contribution in [0, 0.1) is 12.3 Å². The first-order valence-electron chi connectivity index (χ1n) is 7.00. The van der Waals surface area contributed by atoms with Gasteiger partial charge in [-0.2, -0.15) is 0 Å². The number of H-pyrrole nitrogens is 1. The number of carbonyl (C=O) groups is 1. The molecule has 0 aliphatic carbocycles. The minimum Gasteiger partial charge on any atom is -0.438 e. The van der Waals surface area contributed by atoms with Crippen LogP contribution in [0.25, 0.3) is 0 Å². The molecule has 0 aromatic carbocycles. The zero-order chi connectivity index (χ0) is 17.9. The summed E-state index contributed by atoms with van der Waals surface area (Å²) in [4.78, 5) is 38.2. The Bertz CT molecular complexity index is 750. The molecule has 4 atom stereocenters. The number of carbonyl (C=O) groups excluding carboxylic acids is 1. The molecule has 0 bridgehead atoms. The van der Waals surface area contributed by atoms with Gasteiger partial charge in [0.2, 0.25) is 0 Å². The molecule has 1 aliphatic rings. The first-order valence-corrected chi connectivity index (χ1v) is 7.00. The lowest BCUT2D eigenvalue weighted by atomic mass is 10.1. The second-order valence-corrected chi connectivity index (χ2v) is 5.16. The van der Waals surface area contributed by atoms with Crippen LogP contribution in [0.5, 0.6) is 0 Å². The number of nitrogens with zero attached hydrogens (tertiary/aromatic N) is 2. The summed E-state index contributed by atoms with van der Waals surface area (Å²) < 4.78 is 11.5. The first-order chi connectivity index (χ1) is 11.4. The van der Waals surface area contributed by atoms with Gasteiger partial charge in [-0.05, 0) is 0 Å². The molecular weight excluding hydrogens is 322 g/mol. The van der Waals surface area contributed by atoms with Crippen LogP contribution < -0.4 is 11.2 Å². The van der Waals surface area contributed by atoms with Gasteiger partial charge >= 0.3 is 11.8 Å². The molecule has 0 saturated carbocycles. The van der Waals surface area contributed by atoms with Crippen LogP contribution in [0.4, 0.5) is 4.79 Å². The van der Waals surface area contributed by atoms with Gasteiger partial charge in [0.05, 0.1) is 13.2 Å². The van der Waals surface area contributed by atoms with Gasteiger partial charge in [-0.25, -0.2) is 9.59 Å². The first kappa shape index (κ1) is 17.7. The molecule has 0 unspecified atom stereocenters. The van der Waals surface area contributed by atoms with Crippen molar-refractivity contribution in [3.05, 3.63) is 33.1 Å². The van der Waals surface area contributed by atoms with Crippen LogP contribution in [0.15, 0.2) is 21.9 Å². The maximum atomic E-state index is 12.0. The highest BCUT2D eigenvalue weighted by atomic mass is 16.6. The van der Waals surface area contributed by atoms with Crippen molar-refractivity contribution in [2.24, 2.45) is 0 Å². The number of terminal acetylenes is 1. The lowest BCUT2D eigenvalue weighted by molar-refractivity contribution is -0.0592. The summed E-state index contributed by atoms with van der Waals surface area (Å²) in [6.07, 6.45) is 0.489. The SMILES string of the molecule is C#CCN(C)C(=O)O[C@@H]1[C@H](O)[C@@H](CO)O[C@H]1n1ccc(=O)[nH]c1=O. The lowest BCUT2D eigenvalue weighted by Crippen LogP contribution is -2.42. The minimum absolute atomic E-state index is 0.0186. The summed E-state index contributed by atoms with van der Waals surface area (Å²) in [7, 11) is 1.40. The molecule has 2 heterocycles. The maximum absolute atomic E-state index is 12.0. The predicted octanol–water partition coefficient (Wildman–Crippen LogP) is -2.14. The number of aromatic nitrogens is 2. The van der Waals surface area contributed by atoms with E-state index in [2.05, 4.69) is 5.92 Å². The van der Waals surface area contributed by atoms with Gasteiger partial charge in [-0.3, -0.25) is 14.3 Å². The zero-order valence-corrected chi connectivity index (χ0v) is 12.8. The number of aliphatic hydroxyl groups is 2. The number of nitrogens with one attached hydrogen (secondary N) is 1. The number of aliphatic hydroxyl groups excluding tert-OH is 2. The molecule has 3 N–H and O–H groups in total. The minimum atomic E-state index is -1.37.